The van der Waals surface area contributed by atoms with Crippen LogP contribution in [0.3, 0.4) is 0 Å². The van der Waals surface area contributed by atoms with Crippen molar-refractivity contribution < 1.29 is 29.3 Å². The highest BCUT2D eigenvalue weighted by Gasteiger charge is 2.44. The summed E-state index contributed by atoms with van der Waals surface area (Å²) in [5, 5.41) is 32.9. The standard InChI is InChI=1S/C20H24ClN6O6P/c21-20-23-18(22-13-6-5-10-3-1-2-4-12(10)13)15-19(24-20)27(26-25-15)14-7-11(16(28)17(14)29)8-33-9-34(30,31)32/h1-4,11,13-14,16-17,28-29H,5-9H2,(H,22,23,24)(H2,30,31,32)/t11?,13-,14+,16+,17-/m0/s1. The Morgan fingerprint density at radius 1 is 1.21 bits per heavy atom. The maximum atomic E-state index is 11.0. The number of nitrogens with one attached hydrogen (secondary N) is 1. The average molecular weight is 511 g/mol. The first-order chi connectivity index (χ1) is 16.2. The highest BCUT2D eigenvalue weighted by Crippen LogP contribution is 2.40. The number of aliphatic hydroxyl groups excluding tert-OH is 2. The molecule has 5 N–H and O–H groups in total. The predicted octanol–water partition coefficient (Wildman–Crippen LogP) is 1.41. The van der Waals surface area contributed by atoms with Gasteiger partial charge in [-0.1, -0.05) is 29.5 Å². The monoisotopic (exact) mass is 510 g/mol. The van der Waals surface area contributed by atoms with Crippen molar-refractivity contribution in [3.05, 3.63) is 40.7 Å². The van der Waals surface area contributed by atoms with Crippen LogP contribution in [0.4, 0.5) is 5.82 Å². The maximum absolute atomic E-state index is 11.0. The summed E-state index contributed by atoms with van der Waals surface area (Å²) in [4.78, 5) is 26.5. The Balaban J connectivity index is 1.39. The summed E-state index contributed by atoms with van der Waals surface area (Å²) in [6.45, 7) is -0.129. The lowest BCUT2D eigenvalue weighted by molar-refractivity contribution is -0.0128. The highest BCUT2D eigenvalue weighted by atomic mass is 35.5. The van der Waals surface area contributed by atoms with Gasteiger partial charge in [-0.15, -0.1) is 5.10 Å². The number of rotatable bonds is 7. The van der Waals surface area contributed by atoms with Crippen molar-refractivity contribution >= 4 is 36.2 Å². The zero-order valence-corrected chi connectivity index (χ0v) is 19.5. The van der Waals surface area contributed by atoms with Crippen LogP contribution in [0.5, 0.6) is 0 Å². The third-order valence-corrected chi connectivity index (χ3v) is 7.11. The molecule has 3 aromatic rings. The van der Waals surface area contributed by atoms with Crippen LogP contribution in [0.15, 0.2) is 24.3 Å². The lowest BCUT2D eigenvalue weighted by atomic mass is 10.1. The van der Waals surface area contributed by atoms with Crippen LogP contribution in [0.25, 0.3) is 11.2 Å². The Morgan fingerprint density at radius 3 is 2.79 bits per heavy atom. The molecule has 12 nitrogen and oxygen atoms in total. The van der Waals surface area contributed by atoms with Gasteiger partial charge in [-0.3, -0.25) is 4.57 Å². The molecule has 1 saturated carbocycles. The molecule has 2 aromatic heterocycles. The number of aromatic nitrogens is 5. The zero-order chi connectivity index (χ0) is 24.0. The van der Waals surface area contributed by atoms with Gasteiger partial charge in [-0.25, -0.2) is 4.68 Å². The van der Waals surface area contributed by atoms with Gasteiger partial charge in [0.1, 0.15) is 12.5 Å². The van der Waals surface area contributed by atoms with Gasteiger partial charge < -0.3 is 30.1 Å². The van der Waals surface area contributed by atoms with Gasteiger partial charge in [0.15, 0.2) is 17.0 Å². The van der Waals surface area contributed by atoms with Gasteiger partial charge in [0.25, 0.3) is 0 Å². The van der Waals surface area contributed by atoms with E-state index in [-0.39, 0.29) is 24.4 Å². The van der Waals surface area contributed by atoms with E-state index in [2.05, 4.69) is 37.7 Å². The molecule has 1 aromatic carbocycles. The van der Waals surface area contributed by atoms with Crippen molar-refractivity contribution in [3.63, 3.8) is 0 Å². The Kier molecular flexibility index (Phi) is 6.32. The summed E-state index contributed by atoms with van der Waals surface area (Å²) in [5.74, 6) is -0.131. The average Bonchev–Trinajstić information content (AvgIpc) is 3.45. The Bertz CT molecular complexity index is 1250. The Hall–Kier alpha value is -2.18. The third kappa shape index (κ3) is 4.55. The van der Waals surface area contributed by atoms with Crippen molar-refractivity contribution in [2.24, 2.45) is 5.92 Å². The molecule has 0 saturated heterocycles. The number of nitrogens with zero attached hydrogens (tertiary/aromatic N) is 5. The number of aryl methyl sites for hydroxylation is 1. The quantitative estimate of drug-likeness (QED) is 0.229. The van der Waals surface area contributed by atoms with Crippen molar-refractivity contribution in [3.8, 4) is 0 Å². The summed E-state index contributed by atoms with van der Waals surface area (Å²) < 4.78 is 17.5. The van der Waals surface area contributed by atoms with E-state index in [4.69, 9.17) is 26.1 Å². The molecule has 34 heavy (non-hydrogen) atoms. The summed E-state index contributed by atoms with van der Waals surface area (Å²) in [5.41, 5.74) is 3.15. The number of aliphatic hydroxyl groups is 2. The molecule has 0 spiro atoms. The van der Waals surface area contributed by atoms with Gasteiger partial charge in [0.2, 0.25) is 5.28 Å². The lowest BCUT2D eigenvalue weighted by Gasteiger charge is -2.17. The van der Waals surface area contributed by atoms with E-state index in [0.29, 0.717) is 17.0 Å². The van der Waals surface area contributed by atoms with Crippen LogP contribution in [0.2, 0.25) is 5.28 Å². The number of anilines is 1. The summed E-state index contributed by atoms with van der Waals surface area (Å²) in [7, 11) is -4.33. The van der Waals surface area contributed by atoms with E-state index in [9.17, 15) is 14.8 Å². The second kappa shape index (κ2) is 9.12. The molecule has 5 atom stereocenters. The summed E-state index contributed by atoms with van der Waals surface area (Å²) in [6.07, 6.45) is -1.07. The first kappa shape index (κ1) is 23.6. The van der Waals surface area contributed by atoms with Crippen LogP contribution in [-0.4, -0.2) is 70.1 Å². The SMILES string of the molecule is O=P(O)(O)COCC1C[C@@H](n2nnc3c(N[C@H]4CCc5ccccc54)nc(Cl)nc32)[C@H](O)[C@@H]1O. The topological polar surface area (TPSA) is 176 Å². The van der Waals surface area contributed by atoms with Gasteiger partial charge in [-0.2, -0.15) is 9.97 Å². The number of ether oxygens (including phenoxy) is 1. The number of halogens is 1. The van der Waals surface area contributed by atoms with E-state index < -0.39 is 38.1 Å². The Labute approximate surface area is 199 Å². The molecule has 1 fully saturated rings. The highest BCUT2D eigenvalue weighted by molar-refractivity contribution is 7.51. The Morgan fingerprint density at radius 2 is 2.00 bits per heavy atom. The first-order valence-electron chi connectivity index (χ1n) is 10.8. The van der Waals surface area contributed by atoms with Crippen molar-refractivity contribution in [1.29, 1.82) is 0 Å². The summed E-state index contributed by atoms with van der Waals surface area (Å²) >= 11 is 6.21. The van der Waals surface area contributed by atoms with E-state index in [1.54, 1.807) is 0 Å². The molecule has 182 valence electrons. The molecule has 2 heterocycles. The van der Waals surface area contributed by atoms with Gasteiger partial charge in [-0.05, 0) is 42.0 Å². The minimum absolute atomic E-state index is 0.0144. The molecular weight excluding hydrogens is 487 g/mol. The number of benzene rings is 1. The van der Waals surface area contributed by atoms with Crippen LogP contribution in [0.1, 0.15) is 36.1 Å². The van der Waals surface area contributed by atoms with Crippen LogP contribution in [-0.2, 0) is 15.7 Å². The van der Waals surface area contributed by atoms with E-state index in [0.717, 1.165) is 12.8 Å². The smallest absolute Gasteiger partial charge is 0.350 e. The molecule has 2 aliphatic carbocycles. The fourth-order valence-corrected chi connectivity index (χ4v) is 5.34. The fraction of sp³-hybridized carbons (Fsp3) is 0.500. The van der Waals surface area contributed by atoms with Crippen LogP contribution < -0.4 is 5.32 Å². The second-order valence-electron chi connectivity index (χ2n) is 8.69. The van der Waals surface area contributed by atoms with Crippen molar-refractivity contribution in [1.82, 2.24) is 25.0 Å². The molecule has 1 unspecified atom stereocenters. The molecule has 2 aliphatic rings. The molecule has 0 aliphatic heterocycles. The molecule has 0 radical (unpaired) electrons. The van der Waals surface area contributed by atoms with Crippen LogP contribution in [0, 0.1) is 5.92 Å². The van der Waals surface area contributed by atoms with E-state index in [1.807, 2.05) is 12.1 Å². The maximum Gasteiger partial charge on any atom is 0.350 e. The largest absolute Gasteiger partial charge is 0.390 e. The molecule has 14 heteroatoms. The fourth-order valence-electron chi connectivity index (χ4n) is 4.83. The zero-order valence-electron chi connectivity index (χ0n) is 17.9. The minimum atomic E-state index is -4.33. The number of fused-ring (bicyclic) bond motifs is 2. The molecule has 0 amide bonds. The van der Waals surface area contributed by atoms with Gasteiger partial charge in [0.05, 0.1) is 24.8 Å². The lowest BCUT2D eigenvalue weighted by Crippen LogP contribution is -2.31. The number of hydrogen-bond donors (Lipinski definition) is 5. The first-order valence-corrected chi connectivity index (χ1v) is 13.0. The van der Waals surface area contributed by atoms with Gasteiger partial charge >= 0.3 is 7.60 Å². The van der Waals surface area contributed by atoms with Crippen molar-refractivity contribution in [2.75, 3.05) is 18.3 Å². The summed E-state index contributed by atoms with van der Waals surface area (Å²) in [6, 6.07) is 7.52. The second-order valence-corrected chi connectivity index (χ2v) is 10.6. The molecule has 5 rings (SSSR count). The number of hydrogen-bond acceptors (Lipinski definition) is 9. The van der Waals surface area contributed by atoms with E-state index in [1.165, 1.54) is 15.8 Å². The minimum Gasteiger partial charge on any atom is -0.390 e. The third-order valence-electron chi connectivity index (χ3n) is 6.42. The van der Waals surface area contributed by atoms with Crippen LogP contribution >= 0.6 is 19.2 Å². The molecular formula is C20H24ClN6O6P. The normalized spacial score (nSPS) is 26.8. The van der Waals surface area contributed by atoms with E-state index >= 15 is 0 Å². The molecule has 0 bridgehead atoms. The van der Waals surface area contributed by atoms with Gasteiger partial charge in [0, 0.05) is 5.92 Å². The predicted molar refractivity (Wildman–Crippen MR) is 121 cm³/mol. The van der Waals surface area contributed by atoms with Crippen molar-refractivity contribution in [2.45, 2.75) is 43.6 Å².